The first kappa shape index (κ1) is 23.1. The molecule has 2 aliphatic heterocycles. The van der Waals surface area contributed by atoms with Gasteiger partial charge in [-0.15, -0.1) is 0 Å². The van der Waals surface area contributed by atoms with Crippen molar-refractivity contribution in [3.05, 3.63) is 65.5 Å². The predicted molar refractivity (Wildman–Crippen MR) is 119 cm³/mol. The van der Waals surface area contributed by atoms with Crippen LogP contribution >= 0.6 is 0 Å². The summed E-state index contributed by atoms with van der Waals surface area (Å²) in [6.07, 6.45) is 2.52. The first-order valence-electron chi connectivity index (χ1n) is 11.2. The van der Waals surface area contributed by atoms with Gasteiger partial charge < -0.3 is 10.2 Å². The number of carbonyl (C=O) groups is 1. The fourth-order valence-corrected chi connectivity index (χ4v) is 4.92. The molecule has 5 heterocycles. The molecule has 1 aliphatic carbocycles. The number of nitrogens with one attached hydrogen (secondary N) is 1. The zero-order chi connectivity index (χ0) is 24.7. The molecule has 3 aromatic heterocycles. The lowest BCUT2D eigenvalue weighted by atomic mass is 9.76. The number of pyridine rings is 2. The van der Waals surface area contributed by atoms with Gasteiger partial charge in [0.1, 0.15) is 11.5 Å². The second-order valence-corrected chi connectivity index (χ2v) is 9.02. The molecule has 11 heteroatoms. The molecular formula is C24H22F4N6O. The molecule has 7 nitrogen and oxygen atoms in total. The lowest BCUT2D eigenvalue weighted by Gasteiger charge is -2.50. The number of aryl methyl sites for hydroxylation is 1. The number of hydrogen-bond donors (Lipinski definition) is 1. The standard InChI is InChI=1S/C24H22F4N6O/c1-13-6-17(21(30-8-13)22-31-10-16(25)11-32-22)23(35)34-12-14-2-4-19(34)18(7-14)33-20-5-3-15(9-29-20)24(26,27)28/h3,5-6,8-11,14,18-19H,2,4,7,12H2,1H3,(H,29,33)/t14?,18-,19+/m1/s1. The van der Waals surface area contributed by atoms with Gasteiger partial charge in [0.05, 0.1) is 29.6 Å². The number of halogens is 4. The Bertz CT molecular complexity index is 1230. The third-order valence-corrected chi connectivity index (χ3v) is 6.55. The molecule has 2 saturated heterocycles. The number of hydrogen-bond acceptors (Lipinski definition) is 6. The number of alkyl halides is 3. The van der Waals surface area contributed by atoms with Gasteiger partial charge in [0.2, 0.25) is 0 Å². The van der Waals surface area contributed by atoms with Crippen molar-refractivity contribution in [2.75, 3.05) is 11.9 Å². The summed E-state index contributed by atoms with van der Waals surface area (Å²) in [4.78, 5) is 31.8. The number of anilines is 1. The Labute approximate surface area is 198 Å². The first-order chi connectivity index (χ1) is 16.7. The zero-order valence-electron chi connectivity index (χ0n) is 18.8. The molecule has 1 N–H and O–H groups in total. The van der Waals surface area contributed by atoms with Crippen molar-refractivity contribution in [3.63, 3.8) is 0 Å². The highest BCUT2D eigenvalue weighted by molar-refractivity contribution is 5.99. The Balaban J connectivity index is 1.40. The Morgan fingerprint density at radius 3 is 2.49 bits per heavy atom. The maximum Gasteiger partial charge on any atom is 0.417 e. The minimum atomic E-state index is -4.45. The van der Waals surface area contributed by atoms with E-state index in [9.17, 15) is 22.4 Å². The fourth-order valence-electron chi connectivity index (χ4n) is 4.92. The van der Waals surface area contributed by atoms with Gasteiger partial charge in [-0.05, 0) is 55.9 Å². The molecule has 3 aliphatic rings. The second-order valence-electron chi connectivity index (χ2n) is 9.02. The number of piperidine rings is 2. The van der Waals surface area contributed by atoms with Crippen molar-refractivity contribution >= 4 is 11.7 Å². The summed E-state index contributed by atoms with van der Waals surface area (Å²) in [7, 11) is 0. The molecule has 0 radical (unpaired) electrons. The van der Waals surface area contributed by atoms with Crippen LogP contribution in [0, 0.1) is 18.7 Å². The Hall–Kier alpha value is -3.63. The molecule has 1 saturated carbocycles. The van der Waals surface area contributed by atoms with Gasteiger partial charge >= 0.3 is 6.18 Å². The molecule has 1 amide bonds. The van der Waals surface area contributed by atoms with Crippen LogP contribution in [0.2, 0.25) is 0 Å². The number of aromatic nitrogens is 4. The minimum absolute atomic E-state index is 0.153. The van der Waals surface area contributed by atoms with Crippen molar-refractivity contribution in [1.82, 2.24) is 24.8 Å². The number of fused-ring (bicyclic) bond motifs is 3. The van der Waals surface area contributed by atoms with Crippen LogP contribution in [0.25, 0.3) is 11.5 Å². The van der Waals surface area contributed by atoms with E-state index in [4.69, 9.17) is 0 Å². The molecule has 1 unspecified atom stereocenters. The molecule has 0 aromatic carbocycles. The Morgan fingerprint density at radius 1 is 1.06 bits per heavy atom. The number of amides is 1. The number of carbonyl (C=O) groups excluding carboxylic acids is 1. The minimum Gasteiger partial charge on any atom is -0.365 e. The third-order valence-electron chi connectivity index (χ3n) is 6.55. The van der Waals surface area contributed by atoms with Crippen LogP contribution in [0.5, 0.6) is 0 Å². The Kier molecular flexibility index (Phi) is 5.86. The highest BCUT2D eigenvalue weighted by atomic mass is 19.4. The smallest absolute Gasteiger partial charge is 0.365 e. The summed E-state index contributed by atoms with van der Waals surface area (Å²) >= 11 is 0. The van der Waals surface area contributed by atoms with E-state index in [0.717, 1.165) is 49.5 Å². The van der Waals surface area contributed by atoms with Gasteiger partial charge in [-0.1, -0.05) is 0 Å². The Morgan fingerprint density at radius 2 is 1.83 bits per heavy atom. The van der Waals surface area contributed by atoms with E-state index < -0.39 is 17.6 Å². The van der Waals surface area contributed by atoms with Crippen molar-refractivity contribution in [2.24, 2.45) is 5.92 Å². The van der Waals surface area contributed by atoms with Gasteiger partial charge in [0.15, 0.2) is 11.6 Å². The fraction of sp³-hybridized carbons (Fsp3) is 0.375. The van der Waals surface area contributed by atoms with E-state index >= 15 is 0 Å². The average molecular weight is 486 g/mol. The maximum atomic E-state index is 13.7. The van der Waals surface area contributed by atoms with Crippen LogP contribution in [-0.4, -0.2) is 49.4 Å². The SMILES string of the molecule is Cc1cnc(-c2ncc(F)cn2)c(C(=O)N2CC3CC[C@H]2[C@H](Nc2ccc(C(F)(F)F)cn2)C3)c1. The van der Waals surface area contributed by atoms with Crippen LogP contribution < -0.4 is 5.32 Å². The largest absolute Gasteiger partial charge is 0.417 e. The highest BCUT2D eigenvalue weighted by Gasteiger charge is 2.44. The molecule has 3 atom stereocenters. The normalized spacial score (nSPS) is 21.7. The lowest BCUT2D eigenvalue weighted by molar-refractivity contribution is -0.137. The molecule has 3 aromatic rings. The van der Waals surface area contributed by atoms with E-state index in [0.29, 0.717) is 17.9 Å². The molecule has 0 spiro atoms. The number of nitrogens with zero attached hydrogens (tertiary/aromatic N) is 5. The van der Waals surface area contributed by atoms with Crippen molar-refractivity contribution in [3.8, 4) is 11.5 Å². The van der Waals surface area contributed by atoms with Crippen molar-refractivity contribution < 1.29 is 22.4 Å². The van der Waals surface area contributed by atoms with Crippen molar-refractivity contribution in [2.45, 2.75) is 44.4 Å². The zero-order valence-corrected chi connectivity index (χ0v) is 18.8. The maximum absolute atomic E-state index is 13.7. The van der Waals surface area contributed by atoms with Gasteiger partial charge in [-0.25, -0.2) is 19.3 Å². The van der Waals surface area contributed by atoms with Gasteiger partial charge in [0, 0.05) is 25.0 Å². The predicted octanol–water partition coefficient (Wildman–Crippen LogP) is 4.51. The monoisotopic (exact) mass is 486 g/mol. The molecule has 2 bridgehead atoms. The molecule has 6 rings (SSSR count). The van der Waals surface area contributed by atoms with Gasteiger partial charge in [-0.2, -0.15) is 13.2 Å². The van der Waals surface area contributed by atoms with E-state index in [2.05, 4.69) is 25.3 Å². The molecule has 182 valence electrons. The molecular weight excluding hydrogens is 464 g/mol. The third kappa shape index (κ3) is 4.67. The molecule has 3 fully saturated rings. The average Bonchev–Trinajstić information content (AvgIpc) is 2.84. The van der Waals surface area contributed by atoms with Crippen molar-refractivity contribution in [1.29, 1.82) is 0 Å². The summed E-state index contributed by atoms with van der Waals surface area (Å²) in [5.74, 6) is -0.0844. The summed E-state index contributed by atoms with van der Waals surface area (Å²) in [6, 6.07) is 3.70. The lowest BCUT2D eigenvalue weighted by Crippen LogP contribution is -2.59. The van der Waals surface area contributed by atoms with Crippen LogP contribution in [0.1, 0.15) is 40.7 Å². The van der Waals surface area contributed by atoms with Crippen LogP contribution in [-0.2, 0) is 6.18 Å². The molecule has 35 heavy (non-hydrogen) atoms. The van der Waals surface area contributed by atoms with Crippen LogP contribution in [0.4, 0.5) is 23.4 Å². The summed E-state index contributed by atoms with van der Waals surface area (Å²) < 4.78 is 51.9. The first-order valence-corrected chi connectivity index (χ1v) is 11.2. The van der Waals surface area contributed by atoms with Crippen LogP contribution in [0.3, 0.4) is 0 Å². The van der Waals surface area contributed by atoms with Gasteiger partial charge in [-0.3, -0.25) is 9.78 Å². The summed E-state index contributed by atoms with van der Waals surface area (Å²) in [5.41, 5.74) is 0.573. The second kappa shape index (κ2) is 8.86. The van der Waals surface area contributed by atoms with Gasteiger partial charge in [0.25, 0.3) is 5.91 Å². The quantitative estimate of drug-likeness (QED) is 0.547. The summed E-state index contributed by atoms with van der Waals surface area (Å²) in [5, 5.41) is 3.24. The topological polar surface area (TPSA) is 83.9 Å². The van der Waals surface area contributed by atoms with E-state index in [-0.39, 0.29) is 35.4 Å². The van der Waals surface area contributed by atoms with Crippen LogP contribution in [0.15, 0.2) is 43.0 Å². The van der Waals surface area contributed by atoms with E-state index in [1.807, 2.05) is 6.92 Å². The van der Waals surface area contributed by atoms with E-state index in [1.165, 1.54) is 6.07 Å². The summed E-state index contributed by atoms with van der Waals surface area (Å²) in [6.45, 7) is 2.39. The number of rotatable bonds is 4. The van der Waals surface area contributed by atoms with E-state index in [1.54, 1.807) is 17.2 Å². The highest BCUT2D eigenvalue weighted by Crippen LogP contribution is 2.38.